The van der Waals surface area contributed by atoms with Crippen molar-refractivity contribution in [3.05, 3.63) is 64.4 Å². The summed E-state index contributed by atoms with van der Waals surface area (Å²) >= 11 is 3.38. The molecule has 0 aliphatic rings. The Kier molecular flexibility index (Phi) is 5.44. The molecule has 0 saturated heterocycles. The molecule has 1 aromatic heterocycles. The number of Topliss-reactive ketones (excluding diaryl/α,β-unsaturated/α-hetero) is 1. The van der Waals surface area contributed by atoms with Crippen LogP contribution in [0.5, 0.6) is 0 Å². The summed E-state index contributed by atoms with van der Waals surface area (Å²) in [5.74, 6) is 0.166. The van der Waals surface area contributed by atoms with E-state index in [1.165, 1.54) is 0 Å². The van der Waals surface area contributed by atoms with Gasteiger partial charge in [0.1, 0.15) is 0 Å². The second-order valence-electron chi connectivity index (χ2n) is 4.74. The van der Waals surface area contributed by atoms with Gasteiger partial charge in [-0.15, -0.1) is 0 Å². The summed E-state index contributed by atoms with van der Waals surface area (Å²) < 4.78 is 0.935. The lowest BCUT2D eigenvalue weighted by Crippen LogP contribution is -2.22. The zero-order valence-corrected chi connectivity index (χ0v) is 13.0. The van der Waals surface area contributed by atoms with Crippen molar-refractivity contribution in [2.24, 2.45) is 0 Å². The van der Waals surface area contributed by atoms with Crippen molar-refractivity contribution >= 4 is 21.7 Å². The molecule has 0 aliphatic carbocycles. The molecule has 0 N–H and O–H groups in total. The van der Waals surface area contributed by atoms with E-state index in [1.54, 1.807) is 6.20 Å². The second kappa shape index (κ2) is 7.31. The van der Waals surface area contributed by atoms with Crippen molar-refractivity contribution in [2.75, 3.05) is 13.6 Å². The Morgan fingerprint density at radius 1 is 1.25 bits per heavy atom. The van der Waals surface area contributed by atoms with E-state index in [1.807, 2.05) is 49.5 Å². The fourth-order valence-corrected chi connectivity index (χ4v) is 2.35. The van der Waals surface area contributed by atoms with Crippen LogP contribution >= 0.6 is 15.9 Å². The van der Waals surface area contributed by atoms with Crippen molar-refractivity contribution in [1.82, 2.24) is 9.88 Å². The first-order chi connectivity index (χ1) is 9.65. The van der Waals surface area contributed by atoms with E-state index in [9.17, 15) is 4.79 Å². The maximum Gasteiger partial charge on any atom is 0.164 e. The van der Waals surface area contributed by atoms with Gasteiger partial charge in [0.15, 0.2) is 5.78 Å². The highest BCUT2D eigenvalue weighted by Gasteiger charge is 2.08. The van der Waals surface area contributed by atoms with Gasteiger partial charge in [-0.05, 0) is 31.3 Å². The Bertz CT molecular complexity index is 572. The average molecular weight is 333 g/mol. The Balaban J connectivity index is 1.84. The van der Waals surface area contributed by atoms with Gasteiger partial charge in [-0.25, -0.2) is 0 Å². The normalized spacial score (nSPS) is 10.8. The molecule has 2 aromatic rings. The molecule has 0 atom stereocenters. The lowest BCUT2D eigenvalue weighted by molar-refractivity contribution is 0.0967. The molecule has 0 amide bonds. The SMILES string of the molecule is CN(CCC(=O)c1cccc(Br)c1)Cc1ccccn1. The average Bonchev–Trinajstić information content (AvgIpc) is 2.46. The third-order valence-electron chi connectivity index (χ3n) is 3.03. The van der Waals surface area contributed by atoms with Crippen LogP contribution < -0.4 is 0 Å². The molecule has 0 saturated carbocycles. The Hall–Kier alpha value is -1.52. The zero-order chi connectivity index (χ0) is 14.4. The molecule has 4 heteroatoms. The number of halogens is 1. The fourth-order valence-electron chi connectivity index (χ4n) is 1.95. The third-order valence-corrected chi connectivity index (χ3v) is 3.52. The van der Waals surface area contributed by atoms with Crippen LogP contribution in [0.2, 0.25) is 0 Å². The molecule has 104 valence electrons. The van der Waals surface area contributed by atoms with Crippen LogP contribution in [-0.2, 0) is 6.54 Å². The van der Waals surface area contributed by atoms with Gasteiger partial charge in [0.05, 0.1) is 5.69 Å². The van der Waals surface area contributed by atoms with Gasteiger partial charge in [-0.3, -0.25) is 9.78 Å². The highest BCUT2D eigenvalue weighted by atomic mass is 79.9. The van der Waals surface area contributed by atoms with E-state index in [2.05, 4.69) is 25.8 Å². The van der Waals surface area contributed by atoms with Crippen molar-refractivity contribution < 1.29 is 4.79 Å². The number of pyridine rings is 1. The van der Waals surface area contributed by atoms with Crippen LogP contribution in [-0.4, -0.2) is 29.3 Å². The molecule has 2 rings (SSSR count). The van der Waals surface area contributed by atoms with E-state index < -0.39 is 0 Å². The van der Waals surface area contributed by atoms with Crippen LogP contribution in [0, 0.1) is 0 Å². The number of carbonyl (C=O) groups is 1. The van der Waals surface area contributed by atoms with Crippen molar-refractivity contribution in [3.8, 4) is 0 Å². The molecule has 3 nitrogen and oxygen atoms in total. The van der Waals surface area contributed by atoms with Gasteiger partial charge in [0.25, 0.3) is 0 Å². The second-order valence-corrected chi connectivity index (χ2v) is 5.66. The predicted octanol–water partition coefficient (Wildman–Crippen LogP) is 3.55. The molecular formula is C16H17BrN2O. The Labute approximate surface area is 127 Å². The maximum absolute atomic E-state index is 12.1. The van der Waals surface area contributed by atoms with Crippen LogP contribution in [0.1, 0.15) is 22.5 Å². The number of hydrogen-bond donors (Lipinski definition) is 0. The quantitative estimate of drug-likeness (QED) is 0.758. The molecule has 0 bridgehead atoms. The van der Waals surface area contributed by atoms with E-state index in [0.717, 1.165) is 28.8 Å². The molecule has 0 unspecified atom stereocenters. The van der Waals surface area contributed by atoms with Gasteiger partial charge in [0, 0.05) is 35.7 Å². The molecule has 20 heavy (non-hydrogen) atoms. The van der Waals surface area contributed by atoms with E-state index >= 15 is 0 Å². The molecule has 1 heterocycles. The summed E-state index contributed by atoms with van der Waals surface area (Å²) in [4.78, 5) is 18.5. The minimum atomic E-state index is 0.166. The number of carbonyl (C=O) groups excluding carboxylic acids is 1. The summed E-state index contributed by atoms with van der Waals surface area (Å²) in [5, 5.41) is 0. The molecule has 0 fully saturated rings. The maximum atomic E-state index is 12.1. The number of ketones is 1. The van der Waals surface area contributed by atoms with Crippen LogP contribution in [0.15, 0.2) is 53.1 Å². The van der Waals surface area contributed by atoms with Gasteiger partial charge in [0.2, 0.25) is 0 Å². The van der Waals surface area contributed by atoms with Gasteiger partial charge in [-0.1, -0.05) is 34.1 Å². The molecule has 0 spiro atoms. The third kappa shape index (κ3) is 4.54. The van der Waals surface area contributed by atoms with Gasteiger partial charge < -0.3 is 4.90 Å². The Morgan fingerprint density at radius 3 is 2.80 bits per heavy atom. The summed E-state index contributed by atoms with van der Waals surface area (Å²) in [5.41, 5.74) is 1.77. The highest BCUT2D eigenvalue weighted by Crippen LogP contribution is 2.13. The molecule has 0 aliphatic heterocycles. The standard InChI is InChI=1S/C16H17BrN2O/c1-19(12-15-7-2-3-9-18-15)10-8-16(20)13-5-4-6-14(17)11-13/h2-7,9,11H,8,10,12H2,1H3. The first-order valence-electron chi connectivity index (χ1n) is 6.52. The molecular weight excluding hydrogens is 316 g/mol. The summed E-state index contributed by atoms with van der Waals surface area (Å²) in [6, 6.07) is 13.4. The zero-order valence-electron chi connectivity index (χ0n) is 11.4. The van der Waals surface area contributed by atoms with E-state index in [4.69, 9.17) is 0 Å². The minimum absolute atomic E-state index is 0.166. The summed E-state index contributed by atoms with van der Waals surface area (Å²) in [6.07, 6.45) is 2.30. The van der Waals surface area contributed by atoms with Crippen LogP contribution in [0.3, 0.4) is 0 Å². The van der Waals surface area contributed by atoms with E-state index in [-0.39, 0.29) is 5.78 Å². The van der Waals surface area contributed by atoms with Crippen molar-refractivity contribution in [1.29, 1.82) is 0 Å². The summed E-state index contributed by atoms with van der Waals surface area (Å²) in [7, 11) is 2.00. The molecule has 1 aromatic carbocycles. The van der Waals surface area contributed by atoms with E-state index in [0.29, 0.717) is 6.42 Å². The number of hydrogen-bond acceptors (Lipinski definition) is 3. The fraction of sp³-hybridized carbons (Fsp3) is 0.250. The Morgan fingerprint density at radius 2 is 2.10 bits per heavy atom. The lowest BCUT2D eigenvalue weighted by Gasteiger charge is -2.15. The lowest BCUT2D eigenvalue weighted by atomic mass is 10.1. The first kappa shape index (κ1) is 14.9. The predicted molar refractivity (Wildman–Crippen MR) is 83.7 cm³/mol. The van der Waals surface area contributed by atoms with Crippen LogP contribution in [0.25, 0.3) is 0 Å². The minimum Gasteiger partial charge on any atom is -0.300 e. The number of nitrogens with zero attached hydrogens (tertiary/aromatic N) is 2. The summed E-state index contributed by atoms with van der Waals surface area (Å²) in [6.45, 7) is 1.48. The van der Waals surface area contributed by atoms with Crippen LogP contribution in [0.4, 0.5) is 0 Å². The van der Waals surface area contributed by atoms with Crippen molar-refractivity contribution in [3.63, 3.8) is 0 Å². The first-order valence-corrected chi connectivity index (χ1v) is 7.31. The van der Waals surface area contributed by atoms with Gasteiger partial charge in [-0.2, -0.15) is 0 Å². The largest absolute Gasteiger partial charge is 0.300 e. The number of benzene rings is 1. The monoisotopic (exact) mass is 332 g/mol. The van der Waals surface area contributed by atoms with Gasteiger partial charge >= 0.3 is 0 Å². The molecule has 0 radical (unpaired) electrons. The topological polar surface area (TPSA) is 33.2 Å². The van der Waals surface area contributed by atoms with Crippen molar-refractivity contribution in [2.45, 2.75) is 13.0 Å². The number of aromatic nitrogens is 1. The number of rotatable bonds is 6. The smallest absolute Gasteiger partial charge is 0.164 e. The highest BCUT2D eigenvalue weighted by molar-refractivity contribution is 9.10.